The van der Waals surface area contributed by atoms with Gasteiger partial charge < -0.3 is 19.9 Å². The number of hydrogen-bond acceptors (Lipinski definition) is 7. The maximum absolute atomic E-state index is 10.5. The molecule has 2 aliphatic heterocycles. The first-order chi connectivity index (χ1) is 14.9. The predicted molar refractivity (Wildman–Crippen MR) is 115 cm³/mol. The van der Waals surface area contributed by atoms with Crippen molar-refractivity contribution in [2.24, 2.45) is 0 Å². The van der Waals surface area contributed by atoms with Crippen LogP contribution in [0.2, 0.25) is 0 Å². The number of phenolic OH excluding ortho intramolecular Hbond substituents is 1. The Bertz CT molecular complexity index is 1080. The number of benzene rings is 1. The molecule has 4 heterocycles. The molecule has 2 fully saturated rings. The molecule has 0 radical (unpaired) electrons. The molecular formula is C23H27N5O3. The maximum Gasteiger partial charge on any atom is 0.233 e. The van der Waals surface area contributed by atoms with Gasteiger partial charge >= 0.3 is 0 Å². The van der Waals surface area contributed by atoms with E-state index in [1.165, 1.54) is 0 Å². The van der Waals surface area contributed by atoms with Crippen molar-refractivity contribution < 1.29 is 14.6 Å². The number of nitrogens with one attached hydrogen (secondary N) is 1. The molecule has 0 spiro atoms. The van der Waals surface area contributed by atoms with E-state index < -0.39 is 0 Å². The molecule has 4 atom stereocenters. The molecule has 31 heavy (non-hydrogen) atoms. The molecule has 2 bridgehead atoms. The second kappa shape index (κ2) is 7.62. The Hall–Kier alpha value is -2.97. The lowest BCUT2D eigenvalue weighted by Gasteiger charge is -2.35. The summed E-state index contributed by atoms with van der Waals surface area (Å²) in [6.07, 6.45) is 4.93. The molecule has 4 unspecified atom stereocenters. The quantitative estimate of drug-likeness (QED) is 0.654. The predicted octanol–water partition coefficient (Wildman–Crippen LogP) is 3.02. The van der Waals surface area contributed by atoms with Gasteiger partial charge in [-0.3, -0.25) is 0 Å². The number of rotatable bonds is 5. The highest BCUT2D eigenvalue weighted by molar-refractivity contribution is 5.68. The zero-order chi connectivity index (χ0) is 21.6. The van der Waals surface area contributed by atoms with Gasteiger partial charge in [0.25, 0.3) is 0 Å². The lowest BCUT2D eigenvalue weighted by molar-refractivity contribution is 0.0685. The standard InChI is InChI=1S/C23H27N5O3/c1-14-8-9-28(27-14)15-4-5-17(20(29)10-15)18-6-7-22(26-25-18)31-16-11-19-21(30-3)13-23(2,12-16)24-19/h4-10,16,19,21,24,29H,11-13H2,1-3H3. The highest BCUT2D eigenvalue weighted by Crippen LogP contribution is 2.38. The lowest BCUT2D eigenvalue weighted by atomic mass is 9.91. The second-order valence-corrected chi connectivity index (χ2v) is 8.83. The largest absolute Gasteiger partial charge is 0.507 e. The Kier molecular flexibility index (Phi) is 4.91. The molecule has 0 saturated carbocycles. The smallest absolute Gasteiger partial charge is 0.233 e. The van der Waals surface area contributed by atoms with Crippen molar-refractivity contribution in [3.63, 3.8) is 0 Å². The Labute approximate surface area is 181 Å². The third-order valence-electron chi connectivity index (χ3n) is 6.30. The van der Waals surface area contributed by atoms with Gasteiger partial charge in [-0.1, -0.05) is 0 Å². The summed E-state index contributed by atoms with van der Waals surface area (Å²) in [5.74, 6) is 0.623. The van der Waals surface area contributed by atoms with Crippen LogP contribution in [-0.2, 0) is 4.74 Å². The maximum atomic E-state index is 10.5. The molecule has 0 amide bonds. The van der Waals surface area contributed by atoms with E-state index in [2.05, 4.69) is 27.5 Å². The highest BCUT2D eigenvalue weighted by atomic mass is 16.5. The van der Waals surface area contributed by atoms with Crippen molar-refractivity contribution in [3.8, 4) is 28.6 Å². The number of aromatic nitrogens is 4. The van der Waals surface area contributed by atoms with Gasteiger partial charge in [0, 0.05) is 55.4 Å². The van der Waals surface area contributed by atoms with Gasteiger partial charge in [-0.15, -0.1) is 10.2 Å². The molecule has 5 rings (SSSR count). The fraction of sp³-hybridized carbons (Fsp3) is 0.435. The highest BCUT2D eigenvalue weighted by Gasteiger charge is 2.48. The summed E-state index contributed by atoms with van der Waals surface area (Å²) in [5.41, 5.74) is 2.93. The van der Waals surface area contributed by atoms with Crippen LogP contribution < -0.4 is 10.1 Å². The van der Waals surface area contributed by atoms with E-state index in [4.69, 9.17) is 9.47 Å². The van der Waals surface area contributed by atoms with Crippen molar-refractivity contribution in [1.29, 1.82) is 0 Å². The average Bonchev–Trinajstić information content (AvgIpc) is 3.28. The van der Waals surface area contributed by atoms with Gasteiger partial charge in [-0.25, -0.2) is 4.68 Å². The molecule has 8 heteroatoms. The summed E-state index contributed by atoms with van der Waals surface area (Å²) in [5, 5.41) is 27.1. The average molecular weight is 422 g/mol. The molecule has 2 saturated heterocycles. The number of piperidine rings is 1. The number of fused-ring (bicyclic) bond motifs is 2. The van der Waals surface area contributed by atoms with E-state index in [1.807, 2.05) is 43.5 Å². The minimum absolute atomic E-state index is 0.0300. The fourth-order valence-corrected chi connectivity index (χ4v) is 4.88. The molecular weight excluding hydrogens is 394 g/mol. The Morgan fingerprint density at radius 2 is 2.03 bits per heavy atom. The third kappa shape index (κ3) is 3.88. The monoisotopic (exact) mass is 421 g/mol. The summed E-state index contributed by atoms with van der Waals surface area (Å²) < 4.78 is 13.5. The Morgan fingerprint density at radius 3 is 2.71 bits per heavy atom. The molecule has 2 N–H and O–H groups in total. The molecule has 8 nitrogen and oxygen atoms in total. The normalized spacial score (nSPS) is 27.4. The van der Waals surface area contributed by atoms with Gasteiger partial charge in [0.15, 0.2) is 0 Å². The van der Waals surface area contributed by atoms with E-state index in [0.29, 0.717) is 23.2 Å². The third-order valence-corrected chi connectivity index (χ3v) is 6.30. The van der Waals surface area contributed by atoms with Crippen molar-refractivity contribution in [2.75, 3.05) is 7.11 Å². The molecule has 1 aromatic carbocycles. The van der Waals surface area contributed by atoms with Crippen LogP contribution in [0, 0.1) is 6.92 Å². The minimum atomic E-state index is 0.0300. The molecule has 3 aromatic rings. The van der Waals surface area contributed by atoms with E-state index >= 15 is 0 Å². The first kappa shape index (κ1) is 20.0. The second-order valence-electron chi connectivity index (χ2n) is 8.83. The number of aromatic hydroxyl groups is 1. The first-order valence-electron chi connectivity index (χ1n) is 10.6. The van der Waals surface area contributed by atoms with Crippen molar-refractivity contribution in [1.82, 2.24) is 25.3 Å². The topological polar surface area (TPSA) is 94.3 Å². The summed E-state index contributed by atoms with van der Waals surface area (Å²) in [7, 11) is 1.77. The van der Waals surface area contributed by atoms with E-state index in [0.717, 1.165) is 30.6 Å². The zero-order valence-corrected chi connectivity index (χ0v) is 17.9. The Balaban J connectivity index is 1.29. The minimum Gasteiger partial charge on any atom is -0.507 e. The van der Waals surface area contributed by atoms with Crippen LogP contribution in [0.5, 0.6) is 11.6 Å². The summed E-state index contributed by atoms with van der Waals surface area (Å²) >= 11 is 0. The number of hydrogen-bond donors (Lipinski definition) is 2. The van der Waals surface area contributed by atoms with Gasteiger partial charge in [-0.05, 0) is 44.5 Å². The first-order valence-corrected chi connectivity index (χ1v) is 10.6. The molecule has 2 aromatic heterocycles. The van der Waals surface area contributed by atoms with Crippen LogP contribution in [0.1, 0.15) is 31.9 Å². The summed E-state index contributed by atoms with van der Waals surface area (Å²) in [6, 6.07) is 11.2. The Morgan fingerprint density at radius 1 is 1.16 bits per heavy atom. The fourth-order valence-electron chi connectivity index (χ4n) is 4.88. The number of phenols is 1. The number of methoxy groups -OCH3 is 1. The molecule has 162 valence electrons. The molecule has 0 aliphatic carbocycles. The van der Waals surface area contributed by atoms with Gasteiger partial charge in [0.1, 0.15) is 11.9 Å². The molecule has 2 aliphatic rings. The van der Waals surface area contributed by atoms with Crippen LogP contribution in [0.3, 0.4) is 0 Å². The van der Waals surface area contributed by atoms with Crippen molar-refractivity contribution in [3.05, 3.63) is 48.3 Å². The van der Waals surface area contributed by atoms with Gasteiger partial charge in [0.05, 0.1) is 23.2 Å². The van der Waals surface area contributed by atoms with Crippen LogP contribution in [0.25, 0.3) is 16.9 Å². The van der Waals surface area contributed by atoms with Crippen molar-refractivity contribution >= 4 is 0 Å². The van der Waals surface area contributed by atoms with Crippen LogP contribution in [-0.4, -0.2) is 56.0 Å². The summed E-state index contributed by atoms with van der Waals surface area (Å²) in [4.78, 5) is 0. The van der Waals surface area contributed by atoms with Crippen molar-refractivity contribution in [2.45, 2.75) is 56.9 Å². The lowest BCUT2D eigenvalue weighted by Crippen LogP contribution is -2.51. The van der Waals surface area contributed by atoms with Crippen LogP contribution >= 0.6 is 0 Å². The van der Waals surface area contributed by atoms with Crippen LogP contribution in [0.15, 0.2) is 42.6 Å². The number of nitrogens with zero attached hydrogens (tertiary/aromatic N) is 4. The number of aryl methyl sites for hydroxylation is 1. The van der Waals surface area contributed by atoms with E-state index in [9.17, 15) is 5.11 Å². The van der Waals surface area contributed by atoms with E-state index in [-0.39, 0.29) is 23.5 Å². The SMILES string of the molecule is COC1CC2(C)CC(Oc3ccc(-c4ccc(-n5ccc(C)n5)cc4O)nn3)CC1N2. The van der Waals surface area contributed by atoms with Gasteiger partial charge in [-0.2, -0.15) is 5.10 Å². The van der Waals surface area contributed by atoms with Crippen LogP contribution in [0.4, 0.5) is 0 Å². The number of ether oxygens (including phenoxy) is 2. The van der Waals surface area contributed by atoms with E-state index in [1.54, 1.807) is 17.9 Å². The summed E-state index contributed by atoms with van der Waals surface area (Å²) in [6.45, 7) is 4.15. The van der Waals surface area contributed by atoms with Gasteiger partial charge in [0.2, 0.25) is 5.88 Å². The zero-order valence-electron chi connectivity index (χ0n) is 17.9.